The van der Waals surface area contributed by atoms with Crippen LogP contribution < -0.4 is 0 Å². The van der Waals surface area contributed by atoms with Gasteiger partial charge in [0.25, 0.3) is 5.91 Å². The number of halogens is 2. The van der Waals surface area contributed by atoms with Crippen LogP contribution in [0.25, 0.3) is 0 Å². The number of hydrogen-bond donors (Lipinski definition) is 1. The van der Waals surface area contributed by atoms with Gasteiger partial charge < -0.3 is 10.0 Å². The van der Waals surface area contributed by atoms with E-state index in [2.05, 4.69) is 15.9 Å². The molecule has 1 fully saturated rings. The van der Waals surface area contributed by atoms with Crippen molar-refractivity contribution in [2.75, 3.05) is 13.1 Å². The molecule has 1 aliphatic rings. The molecule has 1 saturated heterocycles. The molecular formula is C12H13BrFNO2. The number of alkyl halides is 1. The Labute approximate surface area is 107 Å². The third-order valence-electron chi connectivity index (χ3n) is 2.84. The van der Waals surface area contributed by atoms with E-state index in [9.17, 15) is 14.3 Å². The second-order valence-corrected chi connectivity index (χ2v) is 5.45. The summed E-state index contributed by atoms with van der Waals surface area (Å²) in [6.07, 6.45) is 1.97. The van der Waals surface area contributed by atoms with Gasteiger partial charge in [-0.15, -0.1) is 0 Å². The monoisotopic (exact) mass is 301 g/mol. The maximum absolute atomic E-state index is 12.8. The standard InChI is InChI=1S/C12H13BrFNO2/c13-8-2-1-5-15(7-8)12(17)10-4-3-9(14)6-11(10)16/h3-4,6,8,16H,1-2,5,7H2. The molecule has 3 nitrogen and oxygen atoms in total. The number of phenols is 1. The molecule has 0 spiro atoms. The lowest BCUT2D eigenvalue weighted by molar-refractivity contribution is 0.0727. The van der Waals surface area contributed by atoms with E-state index in [1.54, 1.807) is 4.90 Å². The highest BCUT2D eigenvalue weighted by molar-refractivity contribution is 9.09. The number of nitrogens with zero attached hydrogens (tertiary/aromatic N) is 1. The molecule has 1 N–H and O–H groups in total. The van der Waals surface area contributed by atoms with Gasteiger partial charge in [-0.2, -0.15) is 0 Å². The number of likely N-dealkylation sites (tertiary alicyclic amines) is 1. The highest BCUT2D eigenvalue weighted by Crippen LogP contribution is 2.23. The molecule has 0 aromatic heterocycles. The summed E-state index contributed by atoms with van der Waals surface area (Å²) in [6.45, 7) is 1.30. The Bertz CT molecular complexity index is 439. The van der Waals surface area contributed by atoms with Crippen LogP contribution in [-0.2, 0) is 0 Å². The van der Waals surface area contributed by atoms with Gasteiger partial charge in [0.15, 0.2) is 0 Å². The van der Waals surface area contributed by atoms with Gasteiger partial charge in [-0.3, -0.25) is 4.79 Å². The number of hydrogen-bond acceptors (Lipinski definition) is 2. The summed E-state index contributed by atoms with van der Waals surface area (Å²) < 4.78 is 12.8. The zero-order chi connectivity index (χ0) is 12.4. The van der Waals surface area contributed by atoms with Crippen LogP contribution in [0.5, 0.6) is 5.75 Å². The molecule has 0 aliphatic carbocycles. The van der Waals surface area contributed by atoms with E-state index in [0.29, 0.717) is 17.9 Å². The Hall–Kier alpha value is -1.10. The minimum atomic E-state index is -0.545. The van der Waals surface area contributed by atoms with Crippen molar-refractivity contribution in [3.63, 3.8) is 0 Å². The Balaban J connectivity index is 2.18. The predicted molar refractivity (Wildman–Crippen MR) is 65.9 cm³/mol. The van der Waals surface area contributed by atoms with Crippen molar-refractivity contribution in [3.05, 3.63) is 29.6 Å². The zero-order valence-corrected chi connectivity index (χ0v) is 10.8. The molecule has 1 atom stereocenters. The summed E-state index contributed by atoms with van der Waals surface area (Å²) >= 11 is 3.48. The Morgan fingerprint density at radius 3 is 2.94 bits per heavy atom. The van der Waals surface area contributed by atoms with Crippen molar-refractivity contribution in [1.29, 1.82) is 0 Å². The Kier molecular flexibility index (Phi) is 3.66. The number of benzene rings is 1. The van der Waals surface area contributed by atoms with Crippen LogP contribution >= 0.6 is 15.9 Å². The molecule has 17 heavy (non-hydrogen) atoms. The maximum Gasteiger partial charge on any atom is 0.257 e. The second-order valence-electron chi connectivity index (χ2n) is 4.15. The van der Waals surface area contributed by atoms with Crippen molar-refractivity contribution in [3.8, 4) is 5.75 Å². The molecule has 1 amide bonds. The molecule has 1 heterocycles. The van der Waals surface area contributed by atoms with Crippen LogP contribution in [0.15, 0.2) is 18.2 Å². The van der Waals surface area contributed by atoms with Gasteiger partial charge in [-0.25, -0.2) is 4.39 Å². The van der Waals surface area contributed by atoms with Crippen molar-refractivity contribution in [2.45, 2.75) is 17.7 Å². The van der Waals surface area contributed by atoms with E-state index in [4.69, 9.17) is 0 Å². The molecule has 92 valence electrons. The third kappa shape index (κ3) is 2.77. The van der Waals surface area contributed by atoms with Gasteiger partial charge in [-0.05, 0) is 25.0 Å². The average Bonchev–Trinajstić information content (AvgIpc) is 2.28. The van der Waals surface area contributed by atoms with Gasteiger partial charge in [0.05, 0.1) is 5.56 Å². The minimum absolute atomic E-state index is 0.160. The average molecular weight is 302 g/mol. The smallest absolute Gasteiger partial charge is 0.257 e. The minimum Gasteiger partial charge on any atom is -0.507 e. The third-order valence-corrected chi connectivity index (χ3v) is 3.59. The van der Waals surface area contributed by atoms with Gasteiger partial charge in [0.1, 0.15) is 11.6 Å². The van der Waals surface area contributed by atoms with E-state index in [0.717, 1.165) is 18.9 Å². The molecule has 1 unspecified atom stereocenters. The molecule has 0 bridgehead atoms. The topological polar surface area (TPSA) is 40.5 Å². The molecular weight excluding hydrogens is 289 g/mol. The number of carbonyl (C=O) groups excluding carboxylic acids is 1. The summed E-state index contributed by atoms with van der Waals surface area (Å²) in [5.41, 5.74) is 0.160. The van der Waals surface area contributed by atoms with E-state index in [1.807, 2.05) is 0 Å². The quantitative estimate of drug-likeness (QED) is 0.810. The lowest BCUT2D eigenvalue weighted by Gasteiger charge is -2.30. The highest BCUT2D eigenvalue weighted by Gasteiger charge is 2.24. The number of amides is 1. The van der Waals surface area contributed by atoms with Gasteiger partial charge in [0.2, 0.25) is 0 Å². The fourth-order valence-electron chi connectivity index (χ4n) is 1.97. The van der Waals surface area contributed by atoms with Crippen molar-refractivity contribution < 1.29 is 14.3 Å². The van der Waals surface area contributed by atoms with Crippen LogP contribution in [0.2, 0.25) is 0 Å². The number of carbonyl (C=O) groups is 1. The van der Waals surface area contributed by atoms with Crippen molar-refractivity contribution in [1.82, 2.24) is 4.90 Å². The lowest BCUT2D eigenvalue weighted by Crippen LogP contribution is -2.40. The summed E-state index contributed by atoms with van der Waals surface area (Å²) in [5.74, 6) is -1.09. The van der Waals surface area contributed by atoms with Crippen LogP contribution in [0.1, 0.15) is 23.2 Å². The molecule has 0 radical (unpaired) electrons. The SMILES string of the molecule is O=C(c1ccc(F)cc1O)N1CCCC(Br)C1. The van der Waals surface area contributed by atoms with E-state index < -0.39 is 5.82 Å². The fraction of sp³-hybridized carbons (Fsp3) is 0.417. The van der Waals surface area contributed by atoms with Crippen LogP contribution in [0, 0.1) is 5.82 Å². The van der Waals surface area contributed by atoms with Crippen LogP contribution in [0.4, 0.5) is 4.39 Å². The Morgan fingerprint density at radius 2 is 2.29 bits per heavy atom. The molecule has 1 aliphatic heterocycles. The fourth-order valence-corrected chi connectivity index (χ4v) is 2.64. The molecule has 1 aromatic rings. The number of phenolic OH excluding ortho intramolecular Hbond substituents is 1. The first-order valence-electron chi connectivity index (χ1n) is 5.50. The zero-order valence-electron chi connectivity index (χ0n) is 9.20. The second kappa shape index (κ2) is 5.04. The summed E-state index contributed by atoms with van der Waals surface area (Å²) in [7, 11) is 0. The molecule has 0 saturated carbocycles. The predicted octanol–water partition coefficient (Wildman–Crippen LogP) is 2.53. The molecule has 2 rings (SSSR count). The van der Waals surface area contributed by atoms with Crippen molar-refractivity contribution in [2.24, 2.45) is 0 Å². The lowest BCUT2D eigenvalue weighted by atomic mass is 10.1. The first-order chi connectivity index (χ1) is 8.08. The first-order valence-corrected chi connectivity index (χ1v) is 6.41. The van der Waals surface area contributed by atoms with Gasteiger partial charge in [0, 0.05) is 24.0 Å². The van der Waals surface area contributed by atoms with E-state index >= 15 is 0 Å². The first kappa shape index (κ1) is 12.4. The molecule has 5 heteroatoms. The largest absolute Gasteiger partial charge is 0.507 e. The van der Waals surface area contributed by atoms with Crippen molar-refractivity contribution >= 4 is 21.8 Å². The number of rotatable bonds is 1. The summed E-state index contributed by atoms with van der Waals surface area (Å²) in [4.78, 5) is 14.1. The summed E-state index contributed by atoms with van der Waals surface area (Å²) in [6, 6.07) is 3.47. The van der Waals surface area contributed by atoms with Crippen LogP contribution in [0.3, 0.4) is 0 Å². The van der Waals surface area contributed by atoms with Crippen LogP contribution in [-0.4, -0.2) is 33.8 Å². The van der Waals surface area contributed by atoms with E-state index in [-0.39, 0.29) is 17.2 Å². The number of aromatic hydroxyl groups is 1. The normalized spacial score (nSPS) is 20.4. The van der Waals surface area contributed by atoms with Gasteiger partial charge in [-0.1, -0.05) is 15.9 Å². The maximum atomic E-state index is 12.8. The number of piperidine rings is 1. The van der Waals surface area contributed by atoms with E-state index in [1.165, 1.54) is 12.1 Å². The van der Waals surface area contributed by atoms with Gasteiger partial charge >= 0.3 is 0 Å². The highest BCUT2D eigenvalue weighted by atomic mass is 79.9. The summed E-state index contributed by atoms with van der Waals surface area (Å²) in [5, 5.41) is 9.56. The Morgan fingerprint density at radius 1 is 1.53 bits per heavy atom. The molecule has 1 aromatic carbocycles.